The van der Waals surface area contributed by atoms with Gasteiger partial charge in [0.2, 0.25) is 5.91 Å². The van der Waals surface area contributed by atoms with Crippen LogP contribution in [0.2, 0.25) is 0 Å². The van der Waals surface area contributed by atoms with Crippen LogP contribution in [0.1, 0.15) is 5.56 Å². The van der Waals surface area contributed by atoms with Crippen molar-refractivity contribution in [3.63, 3.8) is 0 Å². The zero-order chi connectivity index (χ0) is 13.9. The molecule has 2 aliphatic rings. The van der Waals surface area contributed by atoms with Crippen LogP contribution in [-0.2, 0) is 9.53 Å². The summed E-state index contributed by atoms with van der Waals surface area (Å²) in [5, 5.41) is 0. The standard InChI is InChI=1S/C15H20N2O3/c1-12-2-3-14-13(10-12)17(6-9-20-14)15(18)11-16-4-7-19-8-5-16/h2-3,10H,4-9,11H2,1H3. The first-order valence-corrected chi connectivity index (χ1v) is 7.08. The van der Waals surface area contributed by atoms with E-state index in [0.29, 0.717) is 32.9 Å². The summed E-state index contributed by atoms with van der Waals surface area (Å²) in [6, 6.07) is 5.97. The molecule has 2 aliphatic heterocycles. The maximum atomic E-state index is 12.5. The van der Waals surface area contributed by atoms with Crippen LogP contribution in [0.5, 0.6) is 5.75 Å². The van der Waals surface area contributed by atoms with Crippen LogP contribution in [0, 0.1) is 6.92 Å². The monoisotopic (exact) mass is 276 g/mol. The lowest BCUT2D eigenvalue weighted by molar-refractivity contribution is -0.121. The quantitative estimate of drug-likeness (QED) is 0.810. The second kappa shape index (κ2) is 5.81. The van der Waals surface area contributed by atoms with E-state index in [2.05, 4.69) is 4.90 Å². The van der Waals surface area contributed by atoms with E-state index in [9.17, 15) is 4.79 Å². The van der Waals surface area contributed by atoms with E-state index >= 15 is 0 Å². The number of morpholine rings is 1. The third kappa shape index (κ3) is 2.78. The second-order valence-electron chi connectivity index (χ2n) is 5.25. The Morgan fingerprint density at radius 1 is 1.20 bits per heavy atom. The van der Waals surface area contributed by atoms with Gasteiger partial charge >= 0.3 is 0 Å². The van der Waals surface area contributed by atoms with E-state index < -0.39 is 0 Å². The highest BCUT2D eigenvalue weighted by atomic mass is 16.5. The van der Waals surface area contributed by atoms with E-state index in [1.165, 1.54) is 0 Å². The van der Waals surface area contributed by atoms with Gasteiger partial charge in [-0.3, -0.25) is 9.69 Å². The Morgan fingerprint density at radius 2 is 2.00 bits per heavy atom. The third-order valence-electron chi connectivity index (χ3n) is 3.74. The minimum absolute atomic E-state index is 0.141. The van der Waals surface area contributed by atoms with Crippen molar-refractivity contribution in [2.45, 2.75) is 6.92 Å². The molecule has 0 radical (unpaired) electrons. The van der Waals surface area contributed by atoms with Gasteiger partial charge in [-0.1, -0.05) is 6.07 Å². The normalized spacial score (nSPS) is 19.4. The predicted octanol–water partition coefficient (Wildman–Crippen LogP) is 1.05. The Kier molecular flexibility index (Phi) is 3.89. The number of carbonyl (C=O) groups excluding carboxylic acids is 1. The van der Waals surface area contributed by atoms with E-state index in [1.54, 1.807) is 0 Å². The number of rotatable bonds is 2. The zero-order valence-corrected chi connectivity index (χ0v) is 11.8. The number of anilines is 1. The highest BCUT2D eigenvalue weighted by Gasteiger charge is 2.25. The number of ether oxygens (including phenoxy) is 2. The highest BCUT2D eigenvalue weighted by molar-refractivity contribution is 5.96. The minimum atomic E-state index is 0.141. The average Bonchev–Trinajstić information content (AvgIpc) is 2.47. The molecule has 2 heterocycles. The van der Waals surface area contributed by atoms with Crippen LogP contribution in [0.3, 0.4) is 0 Å². The summed E-state index contributed by atoms with van der Waals surface area (Å²) in [6.07, 6.45) is 0. The first-order valence-electron chi connectivity index (χ1n) is 7.08. The number of hydrogen-bond donors (Lipinski definition) is 0. The van der Waals surface area contributed by atoms with Crippen molar-refractivity contribution in [2.75, 3.05) is 50.9 Å². The molecule has 1 fully saturated rings. The first-order chi connectivity index (χ1) is 9.74. The molecule has 0 bridgehead atoms. The summed E-state index contributed by atoms with van der Waals surface area (Å²) in [6.45, 7) is 6.76. The molecule has 5 heteroatoms. The lowest BCUT2D eigenvalue weighted by Gasteiger charge is -2.33. The van der Waals surface area contributed by atoms with Crippen molar-refractivity contribution in [1.82, 2.24) is 4.90 Å². The van der Waals surface area contributed by atoms with Gasteiger partial charge in [-0.25, -0.2) is 0 Å². The van der Waals surface area contributed by atoms with E-state index in [4.69, 9.17) is 9.47 Å². The van der Waals surface area contributed by atoms with Crippen LogP contribution in [0.4, 0.5) is 5.69 Å². The first kappa shape index (κ1) is 13.4. The van der Waals surface area contributed by atoms with Crippen LogP contribution >= 0.6 is 0 Å². The summed E-state index contributed by atoms with van der Waals surface area (Å²) in [5.41, 5.74) is 2.04. The average molecular weight is 276 g/mol. The van der Waals surface area contributed by atoms with Gasteiger partial charge in [0, 0.05) is 13.1 Å². The number of nitrogens with zero attached hydrogens (tertiary/aromatic N) is 2. The van der Waals surface area contributed by atoms with Crippen molar-refractivity contribution in [2.24, 2.45) is 0 Å². The molecule has 0 atom stereocenters. The number of fused-ring (bicyclic) bond motifs is 1. The topological polar surface area (TPSA) is 42.0 Å². The van der Waals surface area contributed by atoms with E-state index in [1.807, 2.05) is 30.0 Å². The molecule has 108 valence electrons. The Hall–Kier alpha value is -1.59. The number of benzene rings is 1. The Bertz CT molecular complexity index is 498. The van der Waals surface area contributed by atoms with Gasteiger partial charge in [-0.2, -0.15) is 0 Å². The summed E-state index contributed by atoms with van der Waals surface area (Å²) < 4.78 is 10.9. The molecule has 3 rings (SSSR count). The molecule has 0 spiro atoms. The lowest BCUT2D eigenvalue weighted by Crippen LogP contribution is -2.47. The number of amides is 1. The highest BCUT2D eigenvalue weighted by Crippen LogP contribution is 2.32. The van der Waals surface area contributed by atoms with Gasteiger partial charge < -0.3 is 14.4 Å². The van der Waals surface area contributed by atoms with Crippen molar-refractivity contribution < 1.29 is 14.3 Å². The lowest BCUT2D eigenvalue weighted by atomic mass is 10.1. The molecule has 20 heavy (non-hydrogen) atoms. The van der Waals surface area contributed by atoms with Gasteiger partial charge in [-0.15, -0.1) is 0 Å². The molecule has 0 aliphatic carbocycles. The molecule has 1 saturated heterocycles. The number of aryl methyl sites for hydroxylation is 1. The van der Waals surface area contributed by atoms with Crippen LogP contribution < -0.4 is 9.64 Å². The largest absolute Gasteiger partial charge is 0.490 e. The maximum absolute atomic E-state index is 12.5. The van der Waals surface area contributed by atoms with Crippen LogP contribution in [-0.4, -0.2) is 56.8 Å². The predicted molar refractivity (Wildman–Crippen MR) is 76.3 cm³/mol. The molecule has 1 aromatic rings. The molecule has 0 saturated carbocycles. The van der Waals surface area contributed by atoms with E-state index in [0.717, 1.165) is 30.1 Å². The number of carbonyl (C=O) groups is 1. The zero-order valence-electron chi connectivity index (χ0n) is 11.8. The molecule has 1 aromatic carbocycles. The Balaban J connectivity index is 1.74. The molecule has 5 nitrogen and oxygen atoms in total. The van der Waals surface area contributed by atoms with Crippen LogP contribution in [0.15, 0.2) is 18.2 Å². The molecule has 0 N–H and O–H groups in total. The van der Waals surface area contributed by atoms with Crippen molar-refractivity contribution >= 4 is 11.6 Å². The molecule has 1 amide bonds. The van der Waals surface area contributed by atoms with Gasteiger partial charge in [0.15, 0.2) is 0 Å². The summed E-state index contributed by atoms with van der Waals surface area (Å²) in [5.74, 6) is 0.944. The van der Waals surface area contributed by atoms with Gasteiger partial charge in [0.25, 0.3) is 0 Å². The summed E-state index contributed by atoms with van der Waals surface area (Å²) in [7, 11) is 0. The van der Waals surface area contributed by atoms with Gasteiger partial charge in [0.1, 0.15) is 12.4 Å². The van der Waals surface area contributed by atoms with Crippen molar-refractivity contribution in [1.29, 1.82) is 0 Å². The number of hydrogen-bond acceptors (Lipinski definition) is 4. The van der Waals surface area contributed by atoms with Crippen LogP contribution in [0.25, 0.3) is 0 Å². The van der Waals surface area contributed by atoms with Gasteiger partial charge in [0.05, 0.1) is 32.0 Å². The smallest absolute Gasteiger partial charge is 0.241 e. The summed E-state index contributed by atoms with van der Waals surface area (Å²) in [4.78, 5) is 16.5. The molecular formula is C15H20N2O3. The minimum Gasteiger partial charge on any atom is -0.490 e. The fourth-order valence-corrected chi connectivity index (χ4v) is 2.62. The molecule has 0 aromatic heterocycles. The second-order valence-corrected chi connectivity index (χ2v) is 5.25. The Morgan fingerprint density at radius 3 is 2.80 bits per heavy atom. The maximum Gasteiger partial charge on any atom is 0.241 e. The molecule has 0 unspecified atom stereocenters. The fourth-order valence-electron chi connectivity index (χ4n) is 2.62. The van der Waals surface area contributed by atoms with Crippen molar-refractivity contribution in [3.8, 4) is 5.75 Å². The SMILES string of the molecule is Cc1ccc2c(c1)N(C(=O)CN1CCOCC1)CCO2. The fraction of sp³-hybridized carbons (Fsp3) is 0.533. The summed E-state index contributed by atoms with van der Waals surface area (Å²) >= 11 is 0. The third-order valence-corrected chi connectivity index (χ3v) is 3.74. The molecular weight excluding hydrogens is 256 g/mol. The Labute approximate surface area is 119 Å². The van der Waals surface area contributed by atoms with Crippen molar-refractivity contribution in [3.05, 3.63) is 23.8 Å². The van der Waals surface area contributed by atoms with E-state index in [-0.39, 0.29) is 5.91 Å². The van der Waals surface area contributed by atoms with Gasteiger partial charge in [-0.05, 0) is 24.6 Å².